The predicted molar refractivity (Wildman–Crippen MR) is 121 cm³/mol. The molecule has 0 atom stereocenters. The first-order chi connectivity index (χ1) is 13.4. The number of hydrogen-bond acceptors (Lipinski definition) is 0. The van der Waals surface area contributed by atoms with Gasteiger partial charge in [-0.15, -0.1) is 0 Å². The van der Waals surface area contributed by atoms with E-state index >= 15 is 0 Å². The fourth-order valence-corrected chi connectivity index (χ4v) is 8.73. The molecule has 1 aliphatic heterocycles. The van der Waals surface area contributed by atoms with Crippen molar-refractivity contribution in [1.82, 2.24) is 0 Å². The van der Waals surface area contributed by atoms with Crippen LogP contribution in [0.4, 0.5) is 5.69 Å². The molecule has 0 unspecified atom stereocenters. The number of pyridine rings is 1. The van der Waals surface area contributed by atoms with Gasteiger partial charge in [0.05, 0.1) is 20.0 Å². The second-order valence-corrected chi connectivity index (χ2v) is 13.4. The highest BCUT2D eigenvalue weighted by Crippen LogP contribution is 2.34. The molecule has 1 saturated heterocycles. The number of aromatic nitrogens is 1. The van der Waals surface area contributed by atoms with Crippen molar-refractivity contribution in [2.45, 2.75) is 51.7 Å². The van der Waals surface area contributed by atoms with E-state index in [2.05, 4.69) is 73.4 Å². The quantitative estimate of drug-likeness (QED) is 0.292. The molecule has 2 nitrogen and oxygen atoms in total. The van der Waals surface area contributed by atoms with Gasteiger partial charge in [0.15, 0.2) is 11.9 Å². The topological polar surface area (TPSA) is 8.24 Å². The van der Waals surface area contributed by atoms with Crippen LogP contribution in [0.3, 0.4) is 0 Å². The van der Waals surface area contributed by atoms with Crippen LogP contribution in [0.15, 0.2) is 42.6 Å². The minimum Gasteiger partial charge on any atom is -0.238 e. The zero-order valence-electron chi connectivity index (χ0n) is 17.5. The number of aryl methyl sites for hydroxylation is 2. The summed E-state index contributed by atoms with van der Waals surface area (Å²) < 4.78 is 2.21. The Morgan fingerprint density at radius 1 is 1.00 bits per heavy atom. The van der Waals surface area contributed by atoms with Gasteiger partial charge in [-0.1, -0.05) is 66.8 Å². The second-order valence-electron chi connectivity index (χ2n) is 8.75. The Bertz CT molecular complexity index is 1100. The fourth-order valence-electron chi connectivity index (χ4n) is 4.85. The molecule has 2 aromatic carbocycles. The maximum Gasteiger partial charge on any atom is 0.219 e. The van der Waals surface area contributed by atoms with E-state index < -0.39 is 8.07 Å². The first-order valence-corrected chi connectivity index (χ1v) is 13.3. The first-order valence-electron chi connectivity index (χ1n) is 10.3. The third-order valence-corrected chi connectivity index (χ3v) is 11.4. The lowest BCUT2D eigenvalue weighted by Crippen LogP contribution is -2.45. The van der Waals surface area contributed by atoms with Gasteiger partial charge in [0.2, 0.25) is 5.69 Å². The van der Waals surface area contributed by atoms with Crippen LogP contribution in [0.2, 0.25) is 18.6 Å². The lowest BCUT2D eigenvalue weighted by Gasteiger charge is -2.32. The number of fused-ring (bicyclic) bond motifs is 1. The Hall–Kier alpha value is -2.44. The standard InChI is InChI=1S/C25H29N2Si/c1-18-15-21(26-3)17-24(19(18)2)25-23-10-9-22(16-20(23)11-12-27(25)4)28(5)13-7-6-8-14-28/h9-12,15-17H,6-8,13-14H2,1-2,4-5H3/q+1. The molecule has 1 fully saturated rings. The zero-order valence-corrected chi connectivity index (χ0v) is 18.5. The van der Waals surface area contributed by atoms with Crippen LogP contribution in [-0.4, -0.2) is 8.07 Å². The van der Waals surface area contributed by atoms with Crippen LogP contribution in [0.5, 0.6) is 0 Å². The van der Waals surface area contributed by atoms with Gasteiger partial charge < -0.3 is 0 Å². The smallest absolute Gasteiger partial charge is 0.219 e. The molecule has 0 amide bonds. The maximum absolute atomic E-state index is 7.47. The average Bonchev–Trinajstić information content (AvgIpc) is 2.70. The average molecular weight is 386 g/mol. The molecule has 28 heavy (non-hydrogen) atoms. The van der Waals surface area contributed by atoms with Crippen LogP contribution in [-0.2, 0) is 7.05 Å². The van der Waals surface area contributed by atoms with Crippen molar-refractivity contribution >= 4 is 29.7 Å². The van der Waals surface area contributed by atoms with Gasteiger partial charge >= 0.3 is 0 Å². The highest BCUT2D eigenvalue weighted by atomic mass is 28.3. The number of rotatable bonds is 2. The van der Waals surface area contributed by atoms with Crippen LogP contribution < -0.4 is 9.75 Å². The van der Waals surface area contributed by atoms with E-state index in [0.717, 1.165) is 0 Å². The molecule has 1 aromatic heterocycles. The van der Waals surface area contributed by atoms with Crippen LogP contribution in [0.1, 0.15) is 30.4 Å². The van der Waals surface area contributed by atoms with Crippen molar-refractivity contribution < 1.29 is 4.57 Å². The molecule has 1 aliphatic rings. The van der Waals surface area contributed by atoms with Gasteiger partial charge in [-0.2, -0.15) is 0 Å². The van der Waals surface area contributed by atoms with Crippen LogP contribution >= 0.6 is 0 Å². The van der Waals surface area contributed by atoms with Crippen molar-refractivity contribution in [1.29, 1.82) is 0 Å². The first kappa shape index (κ1) is 18.9. The van der Waals surface area contributed by atoms with Crippen molar-refractivity contribution in [3.63, 3.8) is 0 Å². The Morgan fingerprint density at radius 2 is 1.75 bits per heavy atom. The molecule has 0 radical (unpaired) electrons. The summed E-state index contributed by atoms with van der Waals surface area (Å²) in [6.45, 7) is 14.3. The summed E-state index contributed by atoms with van der Waals surface area (Å²) in [6.07, 6.45) is 6.38. The Balaban J connectivity index is 1.92. The van der Waals surface area contributed by atoms with E-state index in [9.17, 15) is 0 Å². The third-order valence-electron chi connectivity index (χ3n) is 6.83. The number of hydrogen-bond donors (Lipinski definition) is 0. The summed E-state index contributed by atoms with van der Waals surface area (Å²) in [7, 11) is 0.789. The van der Waals surface area contributed by atoms with Crippen molar-refractivity contribution in [3.05, 3.63) is 65.1 Å². The predicted octanol–water partition coefficient (Wildman–Crippen LogP) is 5.97. The molecule has 0 saturated carbocycles. The van der Waals surface area contributed by atoms with Gasteiger partial charge in [-0.25, -0.2) is 9.41 Å². The minimum absolute atomic E-state index is 0.717. The maximum atomic E-state index is 7.47. The number of nitrogens with zero attached hydrogens (tertiary/aromatic N) is 2. The summed E-state index contributed by atoms with van der Waals surface area (Å²) in [5.41, 5.74) is 5.54. The van der Waals surface area contributed by atoms with E-state index in [4.69, 9.17) is 6.57 Å². The zero-order chi connectivity index (χ0) is 19.9. The van der Waals surface area contributed by atoms with Crippen LogP contribution in [0, 0.1) is 20.4 Å². The molecule has 4 rings (SSSR count). The second kappa shape index (κ2) is 7.18. The van der Waals surface area contributed by atoms with Crippen molar-refractivity contribution in [3.8, 4) is 11.3 Å². The summed E-state index contributed by atoms with van der Waals surface area (Å²) >= 11 is 0. The lowest BCUT2D eigenvalue weighted by atomic mass is 9.96. The minimum atomic E-state index is -1.32. The summed E-state index contributed by atoms with van der Waals surface area (Å²) in [5, 5.41) is 4.23. The van der Waals surface area contributed by atoms with E-state index in [0.29, 0.717) is 5.69 Å². The Labute approximate surface area is 169 Å². The summed E-state index contributed by atoms with van der Waals surface area (Å²) in [5.74, 6) is 0. The van der Waals surface area contributed by atoms with Gasteiger partial charge in [-0.3, -0.25) is 0 Å². The molecule has 0 spiro atoms. The van der Waals surface area contributed by atoms with Gasteiger partial charge in [0.25, 0.3) is 0 Å². The Morgan fingerprint density at radius 3 is 2.46 bits per heavy atom. The van der Waals surface area contributed by atoms with Crippen molar-refractivity contribution in [2.75, 3.05) is 0 Å². The molecular weight excluding hydrogens is 356 g/mol. The highest BCUT2D eigenvalue weighted by Gasteiger charge is 2.31. The monoisotopic (exact) mass is 385 g/mol. The summed E-state index contributed by atoms with van der Waals surface area (Å²) in [6, 6.07) is 16.4. The lowest BCUT2D eigenvalue weighted by molar-refractivity contribution is -0.659. The fraction of sp³-hybridized carbons (Fsp3) is 0.360. The van der Waals surface area contributed by atoms with Gasteiger partial charge in [0.1, 0.15) is 7.05 Å². The third kappa shape index (κ3) is 3.16. The Kier molecular flexibility index (Phi) is 4.85. The number of benzene rings is 2. The van der Waals surface area contributed by atoms with Gasteiger partial charge in [0, 0.05) is 11.6 Å². The summed E-state index contributed by atoms with van der Waals surface area (Å²) in [4.78, 5) is 3.70. The molecule has 142 valence electrons. The molecule has 0 aliphatic carbocycles. The molecule has 0 N–H and O–H groups in total. The molecular formula is C25H29N2Si+. The van der Waals surface area contributed by atoms with E-state index in [1.807, 2.05) is 6.07 Å². The SMILES string of the molecule is [C-]#[N+]c1cc(C)c(C)c(-c2c3ccc([Si]4(C)CCCCC4)cc3cc[n+]2C)c1. The molecule has 0 bridgehead atoms. The van der Waals surface area contributed by atoms with E-state index in [-0.39, 0.29) is 0 Å². The van der Waals surface area contributed by atoms with E-state index in [1.165, 1.54) is 64.5 Å². The van der Waals surface area contributed by atoms with Crippen molar-refractivity contribution in [2.24, 2.45) is 7.05 Å². The molecule has 2 heterocycles. The van der Waals surface area contributed by atoms with Gasteiger partial charge in [-0.05, 0) is 36.9 Å². The highest BCUT2D eigenvalue weighted by molar-refractivity contribution is 6.91. The molecule has 3 aromatic rings. The normalized spacial score (nSPS) is 16.1. The largest absolute Gasteiger partial charge is 0.238 e. The molecule has 3 heteroatoms. The van der Waals surface area contributed by atoms with E-state index in [1.54, 1.807) is 5.19 Å². The van der Waals surface area contributed by atoms with Crippen LogP contribution in [0.25, 0.3) is 26.9 Å².